The monoisotopic (exact) mass is 250 g/mol. The van der Waals surface area contributed by atoms with Crippen molar-refractivity contribution in [2.24, 2.45) is 0 Å². The van der Waals surface area contributed by atoms with Crippen molar-refractivity contribution >= 4 is 5.97 Å². The molecule has 0 fully saturated rings. The number of hydrogen-bond acceptors (Lipinski definition) is 5. The minimum Gasteiger partial charge on any atom is -0.456 e. The van der Waals surface area contributed by atoms with Crippen molar-refractivity contribution in [1.82, 2.24) is 9.88 Å². The zero-order chi connectivity index (χ0) is 13.0. The Morgan fingerprint density at radius 2 is 2.28 bits per heavy atom. The van der Waals surface area contributed by atoms with Crippen LogP contribution in [-0.2, 0) is 17.8 Å². The second-order valence-electron chi connectivity index (χ2n) is 4.50. The molecule has 0 unspecified atom stereocenters. The maximum absolute atomic E-state index is 11.3. The molecule has 5 nitrogen and oxygen atoms in total. The Morgan fingerprint density at radius 3 is 3.06 bits per heavy atom. The first-order valence-corrected chi connectivity index (χ1v) is 6.16. The molecule has 0 saturated carbocycles. The van der Waals surface area contributed by atoms with Crippen LogP contribution in [0.25, 0.3) is 0 Å². The summed E-state index contributed by atoms with van der Waals surface area (Å²) < 4.78 is 4.92. The maximum atomic E-state index is 11.3. The quantitative estimate of drug-likeness (QED) is 0.749. The molecule has 1 aliphatic heterocycles. The second-order valence-corrected chi connectivity index (χ2v) is 4.50. The molecule has 2 heterocycles. The van der Waals surface area contributed by atoms with E-state index in [1.165, 1.54) is 0 Å². The van der Waals surface area contributed by atoms with Gasteiger partial charge in [0.15, 0.2) is 0 Å². The van der Waals surface area contributed by atoms with Crippen molar-refractivity contribution in [2.75, 3.05) is 26.7 Å². The summed E-state index contributed by atoms with van der Waals surface area (Å²) in [5, 5.41) is 8.78. The molecule has 1 aromatic rings. The summed E-state index contributed by atoms with van der Waals surface area (Å²) in [6.07, 6.45) is 1.86. The summed E-state index contributed by atoms with van der Waals surface area (Å²) in [6, 6.07) is 3.68. The van der Waals surface area contributed by atoms with Crippen LogP contribution in [0.5, 0.6) is 0 Å². The third-order valence-electron chi connectivity index (χ3n) is 3.05. The van der Waals surface area contributed by atoms with E-state index in [0.29, 0.717) is 18.7 Å². The minimum absolute atomic E-state index is 0.188. The van der Waals surface area contributed by atoms with E-state index in [9.17, 15) is 4.79 Å². The van der Waals surface area contributed by atoms with Gasteiger partial charge >= 0.3 is 5.97 Å². The average molecular weight is 250 g/mol. The molecule has 98 valence electrons. The Labute approximate surface area is 106 Å². The Bertz CT molecular complexity index is 434. The van der Waals surface area contributed by atoms with Crippen LogP contribution in [0.1, 0.15) is 28.2 Å². The molecule has 18 heavy (non-hydrogen) atoms. The number of aryl methyl sites for hydroxylation is 1. The lowest BCUT2D eigenvalue weighted by Crippen LogP contribution is -2.23. The number of aromatic nitrogens is 1. The van der Waals surface area contributed by atoms with Crippen LogP contribution >= 0.6 is 0 Å². The molecule has 0 aliphatic carbocycles. The van der Waals surface area contributed by atoms with Crippen molar-refractivity contribution in [3.05, 3.63) is 29.1 Å². The standard InChI is InChI=1S/C13H18N2O3/c1-15(7-8-16)6-2-3-10-4-5-11-12(14-10)9-18-13(11)17/h4-5,16H,2-3,6-9H2,1H3. The van der Waals surface area contributed by atoms with E-state index in [-0.39, 0.29) is 12.6 Å². The molecular formula is C13H18N2O3. The summed E-state index contributed by atoms with van der Waals surface area (Å²) in [7, 11) is 1.98. The van der Waals surface area contributed by atoms with E-state index < -0.39 is 0 Å². The Kier molecular flexibility index (Phi) is 4.28. The van der Waals surface area contributed by atoms with Gasteiger partial charge in [0.2, 0.25) is 0 Å². The number of aliphatic hydroxyl groups excluding tert-OH is 1. The van der Waals surface area contributed by atoms with Crippen molar-refractivity contribution in [3.63, 3.8) is 0 Å². The summed E-state index contributed by atoms with van der Waals surface area (Å²) in [5.74, 6) is -0.272. The molecule has 0 saturated heterocycles. The smallest absolute Gasteiger partial charge is 0.340 e. The lowest BCUT2D eigenvalue weighted by atomic mass is 10.1. The first kappa shape index (κ1) is 13.0. The number of aliphatic hydroxyl groups is 1. The molecule has 0 aromatic carbocycles. The van der Waals surface area contributed by atoms with E-state index in [1.54, 1.807) is 6.07 Å². The number of carbonyl (C=O) groups excluding carboxylic acids is 1. The fraction of sp³-hybridized carbons (Fsp3) is 0.538. The van der Waals surface area contributed by atoms with Gasteiger partial charge < -0.3 is 14.7 Å². The van der Waals surface area contributed by atoms with Gasteiger partial charge in [0.1, 0.15) is 6.61 Å². The molecular weight excluding hydrogens is 232 g/mol. The number of hydrogen-bond donors (Lipinski definition) is 1. The summed E-state index contributed by atoms with van der Waals surface area (Å²) in [5.41, 5.74) is 2.34. The van der Waals surface area contributed by atoms with Crippen LogP contribution in [0.3, 0.4) is 0 Å². The number of cyclic esters (lactones) is 1. The van der Waals surface area contributed by atoms with Crippen molar-refractivity contribution in [1.29, 1.82) is 0 Å². The molecule has 0 amide bonds. The third-order valence-corrected chi connectivity index (χ3v) is 3.05. The molecule has 5 heteroatoms. The van der Waals surface area contributed by atoms with Gasteiger partial charge in [-0.15, -0.1) is 0 Å². The van der Waals surface area contributed by atoms with Gasteiger partial charge in [0.25, 0.3) is 0 Å². The zero-order valence-electron chi connectivity index (χ0n) is 10.6. The average Bonchev–Trinajstić information content (AvgIpc) is 2.71. The highest BCUT2D eigenvalue weighted by molar-refractivity contribution is 5.92. The molecule has 0 radical (unpaired) electrons. The van der Waals surface area contributed by atoms with Crippen molar-refractivity contribution in [3.8, 4) is 0 Å². The number of ether oxygens (including phenoxy) is 1. The highest BCUT2D eigenvalue weighted by Crippen LogP contribution is 2.18. The van der Waals surface area contributed by atoms with Crippen LogP contribution < -0.4 is 0 Å². The second kappa shape index (κ2) is 5.93. The predicted molar refractivity (Wildman–Crippen MR) is 66.3 cm³/mol. The van der Waals surface area contributed by atoms with E-state index >= 15 is 0 Å². The topological polar surface area (TPSA) is 62.7 Å². The Morgan fingerprint density at radius 1 is 1.44 bits per heavy atom. The normalized spacial score (nSPS) is 13.8. The lowest BCUT2D eigenvalue weighted by molar-refractivity contribution is 0.0533. The number of nitrogens with zero attached hydrogens (tertiary/aromatic N) is 2. The van der Waals surface area contributed by atoms with Gasteiger partial charge in [0.05, 0.1) is 17.9 Å². The van der Waals surface area contributed by atoms with Crippen LogP contribution in [0.2, 0.25) is 0 Å². The third kappa shape index (κ3) is 3.05. The molecule has 0 bridgehead atoms. The Balaban J connectivity index is 1.86. The van der Waals surface area contributed by atoms with Crippen LogP contribution in [0.15, 0.2) is 12.1 Å². The highest BCUT2D eigenvalue weighted by atomic mass is 16.5. The number of esters is 1. The van der Waals surface area contributed by atoms with E-state index in [4.69, 9.17) is 9.84 Å². The molecule has 0 spiro atoms. The van der Waals surface area contributed by atoms with Gasteiger partial charge in [-0.2, -0.15) is 0 Å². The summed E-state index contributed by atoms with van der Waals surface area (Å²) in [4.78, 5) is 17.8. The lowest BCUT2D eigenvalue weighted by Gasteiger charge is -2.14. The molecule has 1 aromatic heterocycles. The number of likely N-dealkylation sites (N-methyl/N-ethyl adjacent to an activating group) is 1. The minimum atomic E-state index is -0.272. The van der Waals surface area contributed by atoms with Gasteiger partial charge in [-0.3, -0.25) is 4.98 Å². The first-order valence-electron chi connectivity index (χ1n) is 6.16. The largest absolute Gasteiger partial charge is 0.456 e. The number of rotatable bonds is 6. The van der Waals surface area contributed by atoms with Gasteiger partial charge in [-0.1, -0.05) is 0 Å². The van der Waals surface area contributed by atoms with Gasteiger partial charge in [-0.05, 0) is 38.6 Å². The number of carbonyl (C=O) groups is 1. The van der Waals surface area contributed by atoms with Crippen LogP contribution in [0.4, 0.5) is 0 Å². The zero-order valence-corrected chi connectivity index (χ0v) is 10.6. The fourth-order valence-corrected chi connectivity index (χ4v) is 2.01. The van der Waals surface area contributed by atoms with Gasteiger partial charge in [-0.25, -0.2) is 4.79 Å². The van der Waals surface area contributed by atoms with Crippen molar-refractivity contribution in [2.45, 2.75) is 19.4 Å². The molecule has 0 atom stereocenters. The Hall–Kier alpha value is -1.46. The predicted octanol–water partition coefficient (Wildman–Crippen LogP) is 0.609. The fourth-order valence-electron chi connectivity index (χ4n) is 2.01. The molecule has 2 rings (SSSR count). The summed E-state index contributed by atoms with van der Waals surface area (Å²) in [6.45, 7) is 2.11. The first-order chi connectivity index (χ1) is 8.70. The molecule has 1 aliphatic rings. The SMILES string of the molecule is CN(CCO)CCCc1ccc2c(n1)COC2=O. The molecule has 1 N–H and O–H groups in total. The van der Waals surface area contributed by atoms with Crippen LogP contribution in [0, 0.1) is 0 Å². The number of pyridine rings is 1. The van der Waals surface area contributed by atoms with E-state index in [1.807, 2.05) is 13.1 Å². The van der Waals surface area contributed by atoms with E-state index in [0.717, 1.165) is 30.8 Å². The highest BCUT2D eigenvalue weighted by Gasteiger charge is 2.22. The van der Waals surface area contributed by atoms with Crippen molar-refractivity contribution < 1.29 is 14.6 Å². The number of fused-ring (bicyclic) bond motifs is 1. The van der Waals surface area contributed by atoms with Gasteiger partial charge in [0, 0.05) is 12.2 Å². The van der Waals surface area contributed by atoms with Crippen LogP contribution in [-0.4, -0.2) is 47.7 Å². The maximum Gasteiger partial charge on any atom is 0.340 e. The van der Waals surface area contributed by atoms with E-state index in [2.05, 4.69) is 9.88 Å². The summed E-state index contributed by atoms with van der Waals surface area (Å²) >= 11 is 0.